The maximum Gasteiger partial charge on any atom is 0.0642 e. The summed E-state index contributed by atoms with van der Waals surface area (Å²) in [6.45, 7) is 5.60. The highest BCUT2D eigenvalue weighted by molar-refractivity contribution is 9.10. The van der Waals surface area contributed by atoms with E-state index in [1.165, 1.54) is 11.3 Å². The molecule has 1 fully saturated rings. The smallest absolute Gasteiger partial charge is 0.0642 e. The number of hydrogen-bond acceptors (Lipinski definition) is 3. The van der Waals surface area contributed by atoms with Crippen LogP contribution in [0.4, 0.5) is 5.69 Å². The molecule has 1 aliphatic rings. The Morgan fingerprint density at radius 2 is 2.12 bits per heavy atom. The summed E-state index contributed by atoms with van der Waals surface area (Å²) in [6, 6.07) is 6.63. The van der Waals surface area contributed by atoms with Gasteiger partial charge in [-0.15, -0.1) is 0 Å². The Morgan fingerprint density at radius 1 is 1.41 bits per heavy atom. The molecule has 0 saturated carbocycles. The predicted molar refractivity (Wildman–Crippen MR) is 74.5 cm³/mol. The van der Waals surface area contributed by atoms with Gasteiger partial charge in [0.15, 0.2) is 0 Å². The van der Waals surface area contributed by atoms with E-state index in [4.69, 9.17) is 10.5 Å². The largest absolute Gasteiger partial charge is 0.378 e. The summed E-state index contributed by atoms with van der Waals surface area (Å²) in [6.07, 6.45) is 0.909. The average Bonchev–Trinajstić information content (AvgIpc) is 2.29. The molecule has 1 unspecified atom stereocenters. The molecular weight excluding hydrogens is 280 g/mol. The lowest BCUT2D eigenvalue weighted by Gasteiger charge is -2.31. The Hall–Kier alpha value is -0.580. The molecule has 0 radical (unpaired) electrons. The number of benzene rings is 1. The van der Waals surface area contributed by atoms with Crippen LogP contribution in [0.3, 0.4) is 0 Å². The van der Waals surface area contributed by atoms with Gasteiger partial charge in [-0.3, -0.25) is 0 Å². The Labute approximate surface area is 111 Å². The molecular formula is C13H19BrN2O. The average molecular weight is 299 g/mol. The van der Waals surface area contributed by atoms with Gasteiger partial charge < -0.3 is 15.4 Å². The zero-order valence-corrected chi connectivity index (χ0v) is 11.7. The van der Waals surface area contributed by atoms with E-state index in [-0.39, 0.29) is 6.04 Å². The van der Waals surface area contributed by atoms with E-state index in [1.54, 1.807) is 0 Å². The summed E-state index contributed by atoms with van der Waals surface area (Å²) in [5.41, 5.74) is 8.53. The van der Waals surface area contributed by atoms with Crippen molar-refractivity contribution < 1.29 is 4.74 Å². The van der Waals surface area contributed by atoms with E-state index in [9.17, 15) is 0 Å². The van der Waals surface area contributed by atoms with E-state index in [0.717, 1.165) is 37.2 Å². The Kier molecular flexibility index (Phi) is 4.42. The third kappa shape index (κ3) is 3.44. The second-order valence-electron chi connectivity index (χ2n) is 4.55. The van der Waals surface area contributed by atoms with E-state index >= 15 is 0 Å². The van der Waals surface area contributed by atoms with Gasteiger partial charge in [0.05, 0.1) is 13.2 Å². The highest BCUT2D eigenvalue weighted by Gasteiger charge is 2.15. The summed E-state index contributed by atoms with van der Waals surface area (Å²) >= 11 is 3.53. The molecule has 1 heterocycles. The summed E-state index contributed by atoms with van der Waals surface area (Å²) in [5.74, 6) is 0. The molecule has 0 aromatic heterocycles. The first-order valence-corrected chi connectivity index (χ1v) is 6.83. The van der Waals surface area contributed by atoms with Crippen molar-refractivity contribution in [2.45, 2.75) is 19.4 Å². The first kappa shape index (κ1) is 12.9. The van der Waals surface area contributed by atoms with E-state index < -0.39 is 0 Å². The minimum absolute atomic E-state index is 0.184. The van der Waals surface area contributed by atoms with Crippen LogP contribution in [0.25, 0.3) is 0 Å². The number of rotatable bonds is 3. The molecule has 1 aromatic rings. The van der Waals surface area contributed by atoms with Crippen molar-refractivity contribution in [2.75, 3.05) is 31.2 Å². The zero-order chi connectivity index (χ0) is 12.3. The Balaban J connectivity index is 2.24. The number of halogens is 1. The molecule has 17 heavy (non-hydrogen) atoms. The number of hydrogen-bond donors (Lipinski definition) is 1. The monoisotopic (exact) mass is 298 g/mol. The van der Waals surface area contributed by atoms with Gasteiger partial charge in [-0.2, -0.15) is 0 Å². The molecule has 94 valence electrons. The number of nitrogens with two attached hydrogens (primary N) is 1. The molecule has 3 nitrogen and oxygen atoms in total. The molecule has 0 amide bonds. The van der Waals surface area contributed by atoms with Crippen LogP contribution in [0, 0.1) is 0 Å². The maximum atomic E-state index is 5.91. The fraction of sp³-hybridized carbons (Fsp3) is 0.538. The molecule has 4 heteroatoms. The van der Waals surface area contributed by atoms with Crippen LogP contribution in [0.1, 0.15) is 12.5 Å². The van der Waals surface area contributed by atoms with Gasteiger partial charge in [-0.25, -0.2) is 0 Å². The number of nitrogens with zero attached hydrogens (tertiary/aromatic N) is 1. The van der Waals surface area contributed by atoms with Crippen molar-refractivity contribution in [3.8, 4) is 0 Å². The minimum Gasteiger partial charge on any atom is -0.378 e. The minimum atomic E-state index is 0.184. The summed E-state index contributed by atoms with van der Waals surface area (Å²) in [7, 11) is 0. The van der Waals surface area contributed by atoms with E-state index in [2.05, 4.69) is 39.0 Å². The second kappa shape index (κ2) is 5.85. The lowest BCUT2D eigenvalue weighted by molar-refractivity contribution is 0.122. The number of anilines is 1. The standard InChI is InChI=1S/C13H19BrN2O/c1-10(15)8-11-9-12(14)2-3-13(11)16-4-6-17-7-5-16/h2-3,9-10H,4-8,15H2,1H3. The highest BCUT2D eigenvalue weighted by Crippen LogP contribution is 2.26. The van der Waals surface area contributed by atoms with Crippen LogP contribution >= 0.6 is 15.9 Å². The number of morpholine rings is 1. The molecule has 0 spiro atoms. The van der Waals surface area contributed by atoms with Crippen molar-refractivity contribution in [2.24, 2.45) is 5.73 Å². The lowest BCUT2D eigenvalue weighted by Crippen LogP contribution is -2.37. The zero-order valence-electron chi connectivity index (χ0n) is 10.2. The molecule has 1 aliphatic heterocycles. The highest BCUT2D eigenvalue weighted by atomic mass is 79.9. The summed E-state index contributed by atoms with van der Waals surface area (Å²) in [5, 5.41) is 0. The first-order valence-electron chi connectivity index (χ1n) is 6.03. The van der Waals surface area contributed by atoms with Crippen LogP contribution in [0.15, 0.2) is 22.7 Å². The van der Waals surface area contributed by atoms with Crippen molar-refractivity contribution in [3.05, 3.63) is 28.2 Å². The fourth-order valence-electron chi connectivity index (χ4n) is 2.18. The van der Waals surface area contributed by atoms with Crippen LogP contribution in [-0.2, 0) is 11.2 Å². The van der Waals surface area contributed by atoms with Crippen LogP contribution in [0.2, 0.25) is 0 Å². The van der Waals surface area contributed by atoms with Crippen molar-refractivity contribution in [1.82, 2.24) is 0 Å². The first-order chi connectivity index (χ1) is 8.16. The van der Waals surface area contributed by atoms with Gasteiger partial charge in [0.25, 0.3) is 0 Å². The molecule has 1 atom stereocenters. The topological polar surface area (TPSA) is 38.5 Å². The number of ether oxygens (including phenoxy) is 1. The Bertz CT molecular complexity index is 376. The molecule has 1 aromatic carbocycles. The van der Waals surface area contributed by atoms with Gasteiger partial charge in [0.1, 0.15) is 0 Å². The van der Waals surface area contributed by atoms with Crippen LogP contribution in [-0.4, -0.2) is 32.3 Å². The SMILES string of the molecule is CC(N)Cc1cc(Br)ccc1N1CCOCC1. The van der Waals surface area contributed by atoms with Crippen molar-refractivity contribution in [1.29, 1.82) is 0 Å². The maximum absolute atomic E-state index is 5.91. The summed E-state index contributed by atoms with van der Waals surface area (Å²) in [4.78, 5) is 2.38. The van der Waals surface area contributed by atoms with Gasteiger partial charge in [-0.05, 0) is 37.1 Å². The third-order valence-electron chi connectivity index (χ3n) is 2.94. The quantitative estimate of drug-likeness (QED) is 0.929. The molecule has 0 bridgehead atoms. The van der Waals surface area contributed by atoms with Gasteiger partial charge in [0.2, 0.25) is 0 Å². The normalized spacial score (nSPS) is 18.2. The molecule has 1 saturated heterocycles. The molecule has 0 aliphatic carbocycles. The summed E-state index contributed by atoms with van der Waals surface area (Å²) < 4.78 is 6.51. The van der Waals surface area contributed by atoms with Gasteiger partial charge in [0, 0.05) is 29.3 Å². The third-order valence-corrected chi connectivity index (χ3v) is 3.43. The molecule has 2 rings (SSSR count). The Morgan fingerprint density at radius 3 is 2.76 bits per heavy atom. The second-order valence-corrected chi connectivity index (χ2v) is 5.47. The van der Waals surface area contributed by atoms with Gasteiger partial charge >= 0.3 is 0 Å². The van der Waals surface area contributed by atoms with Gasteiger partial charge in [-0.1, -0.05) is 15.9 Å². The molecule has 2 N–H and O–H groups in total. The predicted octanol–water partition coefficient (Wildman–Crippen LogP) is 2.18. The van der Waals surface area contributed by atoms with Crippen LogP contribution in [0.5, 0.6) is 0 Å². The van der Waals surface area contributed by atoms with E-state index in [0.29, 0.717) is 0 Å². The van der Waals surface area contributed by atoms with Crippen LogP contribution < -0.4 is 10.6 Å². The lowest BCUT2D eigenvalue weighted by atomic mass is 10.0. The van der Waals surface area contributed by atoms with Crippen molar-refractivity contribution in [3.63, 3.8) is 0 Å². The fourth-order valence-corrected chi connectivity index (χ4v) is 2.59. The van der Waals surface area contributed by atoms with Crippen molar-refractivity contribution >= 4 is 21.6 Å². The van der Waals surface area contributed by atoms with E-state index in [1.807, 2.05) is 6.92 Å².